The molecule has 4 rings (SSSR count). The number of benzene rings is 1. The number of rotatable bonds is 3. The number of ether oxygens (including phenoxy) is 1. The number of nitrogens with zero attached hydrogens (tertiary/aromatic N) is 3. The summed E-state index contributed by atoms with van der Waals surface area (Å²) >= 11 is 0. The highest BCUT2D eigenvalue weighted by atomic mass is 19.4. The Morgan fingerprint density at radius 3 is 2.41 bits per heavy atom. The van der Waals surface area contributed by atoms with Crippen molar-refractivity contribution < 1.29 is 22.7 Å². The molecule has 2 heterocycles. The molecule has 0 bridgehead atoms. The van der Waals surface area contributed by atoms with E-state index < -0.39 is 17.7 Å². The van der Waals surface area contributed by atoms with Gasteiger partial charge in [-0.15, -0.1) is 0 Å². The predicted octanol–water partition coefficient (Wildman–Crippen LogP) is 4.22. The normalized spacial score (nSPS) is 23.9. The molecule has 1 aromatic heterocycles. The Bertz CT molecular complexity index is 918. The van der Waals surface area contributed by atoms with E-state index in [1.54, 1.807) is 25.1 Å². The summed E-state index contributed by atoms with van der Waals surface area (Å²) in [7, 11) is 1.30. The van der Waals surface area contributed by atoms with Crippen LogP contribution in [0.5, 0.6) is 0 Å². The lowest BCUT2D eigenvalue weighted by atomic mass is 9.91. The molecule has 0 spiro atoms. The fourth-order valence-electron chi connectivity index (χ4n) is 4.73. The van der Waals surface area contributed by atoms with E-state index in [4.69, 9.17) is 4.74 Å². The highest BCUT2D eigenvalue weighted by molar-refractivity contribution is 5.87. The SMILES string of the molecule is COC(=O)c1cc(C)nc(N2C[C@H]3C[C@@H](c4ccccc4C(F)(F)F)C[C@H]3C2)n1. The van der Waals surface area contributed by atoms with Gasteiger partial charge in [-0.05, 0) is 55.2 Å². The molecule has 1 aliphatic carbocycles. The minimum atomic E-state index is -4.33. The average molecular weight is 405 g/mol. The average Bonchev–Trinajstić information content (AvgIpc) is 3.25. The Hall–Kier alpha value is -2.64. The van der Waals surface area contributed by atoms with Crippen molar-refractivity contribution in [1.29, 1.82) is 0 Å². The molecule has 0 unspecified atom stereocenters. The smallest absolute Gasteiger partial charge is 0.416 e. The lowest BCUT2D eigenvalue weighted by molar-refractivity contribution is -0.138. The van der Waals surface area contributed by atoms with Crippen LogP contribution in [0.15, 0.2) is 30.3 Å². The Morgan fingerprint density at radius 2 is 1.79 bits per heavy atom. The number of fused-ring (bicyclic) bond motifs is 1. The maximum absolute atomic E-state index is 13.4. The highest BCUT2D eigenvalue weighted by Crippen LogP contribution is 2.49. The van der Waals surface area contributed by atoms with E-state index in [9.17, 15) is 18.0 Å². The van der Waals surface area contributed by atoms with Crippen molar-refractivity contribution >= 4 is 11.9 Å². The van der Waals surface area contributed by atoms with Crippen molar-refractivity contribution in [2.75, 3.05) is 25.1 Å². The zero-order chi connectivity index (χ0) is 20.8. The Labute approximate surface area is 166 Å². The zero-order valence-electron chi connectivity index (χ0n) is 16.2. The molecule has 2 aliphatic rings. The number of carbonyl (C=O) groups is 1. The molecule has 1 aliphatic heterocycles. The van der Waals surface area contributed by atoms with Crippen molar-refractivity contribution in [2.24, 2.45) is 11.8 Å². The molecular formula is C21H22F3N3O2. The van der Waals surface area contributed by atoms with Crippen LogP contribution in [0.25, 0.3) is 0 Å². The van der Waals surface area contributed by atoms with Crippen LogP contribution < -0.4 is 4.90 Å². The van der Waals surface area contributed by atoms with Crippen molar-refractivity contribution in [2.45, 2.75) is 31.9 Å². The number of esters is 1. The van der Waals surface area contributed by atoms with Gasteiger partial charge in [0.25, 0.3) is 0 Å². The van der Waals surface area contributed by atoms with E-state index in [0.29, 0.717) is 43.1 Å². The monoisotopic (exact) mass is 405 g/mol. The van der Waals surface area contributed by atoms with E-state index in [-0.39, 0.29) is 23.4 Å². The maximum atomic E-state index is 13.4. The van der Waals surface area contributed by atoms with E-state index in [2.05, 4.69) is 9.97 Å². The summed E-state index contributed by atoms with van der Waals surface area (Å²) < 4.78 is 44.9. The number of alkyl halides is 3. The summed E-state index contributed by atoms with van der Waals surface area (Å²) in [5.41, 5.74) is 0.765. The molecule has 154 valence electrons. The second-order valence-corrected chi connectivity index (χ2v) is 7.86. The minimum Gasteiger partial charge on any atom is -0.464 e. The first-order valence-corrected chi connectivity index (χ1v) is 9.61. The van der Waals surface area contributed by atoms with Crippen LogP contribution in [-0.2, 0) is 10.9 Å². The number of carbonyl (C=O) groups excluding carboxylic acids is 1. The van der Waals surface area contributed by atoms with Gasteiger partial charge >= 0.3 is 12.1 Å². The lowest BCUT2D eigenvalue weighted by Gasteiger charge is -2.22. The third-order valence-corrected chi connectivity index (χ3v) is 5.98. The Morgan fingerprint density at radius 1 is 1.14 bits per heavy atom. The number of aromatic nitrogens is 2. The first-order valence-electron chi connectivity index (χ1n) is 9.61. The summed E-state index contributed by atoms with van der Waals surface area (Å²) in [6.45, 7) is 3.15. The van der Waals surface area contributed by atoms with E-state index in [1.807, 2.05) is 4.90 Å². The second kappa shape index (κ2) is 7.31. The number of halogens is 3. The third kappa shape index (κ3) is 3.80. The molecule has 8 heteroatoms. The van der Waals surface area contributed by atoms with Crippen molar-refractivity contribution in [3.63, 3.8) is 0 Å². The molecule has 2 fully saturated rings. The molecule has 5 nitrogen and oxygen atoms in total. The zero-order valence-corrected chi connectivity index (χ0v) is 16.2. The fraction of sp³-hybridized carbons (Fsp3) is 0.476. The number of aryl methyl sites for hydroxylation is 1. The van der Waals surface area contributed by atoms with Gasteiger partial charge < -0.3 is 9.64 Å². The summed E-state index contributed by atoms with van der Waals surface area (Å²) in [5, 5.41) is 0. The minimum absolute atomic E-state index is 0.0889. The molecule has 1 saturated carbocycles. The quantitative estimate of drug-likeness (QED) is 0.716. The van der Waals surface area contributed by atoms with Crippen LogP contribution in [0.2, 0.25) is 0 Å². The topological polar surface area (TPSA) is 55.3 Å². The highest BCUT2D eigenvalue weighted by Gasteiger charge is 2.44. The predicted molar refractivity (Wildman–Crippen MR) is 101 cm³/mol. The molecular weight excluding hydrogens is 383 g/mol. The van der Waals surface area contributed by atoms with Crippen LogP contribution in [0.4, 0.5) is 19.1 Å². The van der Waals surface area contributed by atoms with Gasteiger partial charge in [0.2, 0.25) is 5.95 Å². The van der Waals surface area contributed by atoms with Crippen molar-refractivity contribution in [3.8, 4) is 0 Å². The molecule has 0 amide bonds. The summed E-state index contributed by atoms with van der Waals surface area (Å²) in [4.78, 5) is 22.6. The molecule has 0 N–H and O–H groups in total. The van der Waals surface area contributed by atoms with Crippen LogP contribution >= 0.6 is 0 Å². The second-order valence-electron chi connectivity index (χ2n) is 7.86. The van der Waals surface area contributed by atoms with Gasteiger partial charge in [0.15, 0.2) is 5.69 Å². The van der Waals surface area contributed by atoms with Crippen LogP contribution in [0.1, 0.15) is 46.1 Å². The molecule has 29 heavy (non-hydrogen) atoms. The van der Waals surface area contributed by atoms with E-state index in [0.717, 1.165) is 0 Å². The van der Waals surface area contributed by atoms with E-state index in [1.165, 1.54) is 19.2 Å². The number of methoxy groups -OCH3 is 1. The summed E-state index contributed by atoms with van der Waals surface area (Å²) in [5.74, 6) is 0.444. The fourth-order valence-corrected chi connectivity index (χ4v) is 4.73. The van der Waals surface area contributed by atoms with Gasteiger partial charge in [0.1, 0.15) is 0 Å². The molecule has 1 aromatic carbocycles. The maximum Gasteiger partial charge on any atom is 0.416 e. The van der Waals surface area contributed by atoms with E-state index >= 15 is 0 Å². The van der Waals surface area contributed by atoms with Crippen molar-refractivity contribution in [1.82, 2.24) is 9.97 Å². The first kappa shape index (κ1) is 19.7. The standard InChI is InChI=1S/C21H22F3N3O2/c1-12-7-18(19(28)29-2)26-20(25-12)27-10-14-8-13(9-15(14)11-27)16-5-3-4-6-17(16)21(22,23)24/h3-7,13-15H,8-11H2,1-2H3/t13-,14-,15+. The summed E-state index contributed by atoms with van der Waals surface area (Å²) in [6.07, 6.45) is -2.91. The van der Waals surface area contributed by atoms with Gasteiger partial charge in [-0.25, -0.2) is 14.8 Å². The van der Waals surface area contributed by atoms with Gasteiger partial charge in [-0.2, -0.15) is 13.2 Å². The van der Waals surface area contributed by atoms with Gasteiger partial charge in [-0.1, -0.05) is 18.2 Å². The largest absolute Gasteiger partial charge is 0.464 e. The van der Waals surface area contributed by atoms with Crippen LogP contribution in [-0.4, -0.2) is 36.1 Å². The van der Waals surface area contributed by atoms with Gasteiger partial charge in [-0.3, -0.25) is 0 Å². The third-order valence-electron chi connectivity index (χ3n) is 5.98. The summed E-state index contributed by atoms with van der Waals surface area (Å²) in [6, 6.07) is 7.48. The number of anilines is 1. The molecule has 2 aromatic rings. The first-order chi connectivity index (χ1) is 13.8. The van der Waals surface area contributed by atoms with Crippen LogP contribution in [0.3, 0.4) is 0 Å². The van der Waals surface area contributed by atoms with Crippen LogP contribution in [0, 0.1) is 18.8 Å². The Balaban J connectivity index is 1.51. The van der Waals surface area contributed by atoms with Gasteiger partial charge in [0.05, 0.1) is 12.7 Å². The lowest BCUT2D eigenvalue weighted by Crippen LogP contribution is -2.25. The number of hydrogen-bond acceptors (Lipinski definition) is 5. The van der Waals surface area contributed by atoms with Crippen molar-refractivity contribution in [3.05, 3.63) is 52.8 Å². The molecule has 0 radical (unpaired) electrons. The molecule has 1 saturated heterocycles. The number of hydrogen-bond donors (Lipinski definition) is 0. The van der Waals surface area contributed by atoms with Gasteiger partial charge in [0, 0.05) is 18.8 Å². The molecule has 3 atom stereocenters. The Kier molecular flexibility index (Phi) is 4.96.